The molecule has 0 amide bonds. The van der Waals surface area contributed by atoms with Crippen molar-refractivity contribution in [2.45, 2.75) is 22.1 Å². The van der Waals surface area contributed by atoms with Crippen LogP contribution in [0.2, 0.25) is 0 Å². The van der Waals surface area contributed by atoms with E-state index >= 15 is 0 Å². The molecule has 0 fully saturated rings. The molecule has 3 aromatic rings. The first-order valence-electron chi connectivity index (χ1n) is 13.5. The van der Waals surface area contributed by atoms with Gasteiger partial charge >= 0.3 is 118 Å². The monoisotopic (exact) mass is 970 g/mol. The van der Waals surface area contributed by atoms with E-state index in [-0.39, 0.29) is 159 Å². The Kier molecular flexibility index (Phi) is 29.6. The van der Waals surface area contributed by atoms with Gasteiger partial charge in [-0.2, -0.15) is 10.2 Å². The Labute approximate surface area is 426 Å². The molecule has 300 valence electrons. The summed E-state index contributed by atoms with van der Waals surface area (Å²) in [7, 11) is -23.7. The van der Waals surface area contributed by atoms with E-state index in [0.717, 1.165) is 48.5 Å². The van der Waals surface area contributed by atoms with Crippen molar-refractivity contribution >= 4 is 96.8 Å². The number of nitrogens with one attached hydrogen (secondary N) is 1. The molecule has 0 unspecified atom stereocenters. The smallest absolute Gasteiger partial charge is 0.747 e. The maximum absolute atomic E-state index is 12.5. The third kappa shape index (κ3) is 21.1. The van der Waals surface area contributed by atoms with E-state index in [4.69, 9.17) is 5.73 Å². The molecular formula is C24H26N6Na4O18S6. The molecule has 3 N–H and O–H groups in total. The number of benzene rings is 3. The molecule has 24 nitrogen and oxygen atoms in total. The number of hydrogen-bond acceptors (Lipinski definition) is 25. The van der Waals surface area contributed by atoms with Crippen LogP contribution in [0.25, 0.3) is 0 Å². The van der Waals surface area contributed by atoms with Gasteiger partial charge in [-0.3, -0.25) is 13.4 Å². The maximum Gasteiger partial charge on any atom is 1.00 e. The van der Waals surface area contributed by atoms with Crippen LogP contribution in [0, 0.1) is 0 Å². The molecule has 0 aromatic heterocycles. The standard InChI is InChI=1S/C23H26N6O18S6.CH4.4Na/c24-21-20(52(38,39)40)13-19(28-26-15-1-5-17(6-2-15)49(31,32)11-9-44-48-47-46-30)22(25-14-51(35,36)37)23(21)29-27-16-3-7-18(8-4-16)50(33,34)12-10-45-53(41,42)43;;;;;/h1-8,13,25,30H,9-12,14,24H2,(H,35,36,37)(H,38,39,40)(H,41,42,43);1H4;;;;/q;;4*+1/p-4. The summed E-state index contributed by atoms with van der Waals surface area (Å²) in [4.78, 5) is -1.71. The van der Waals surface area contributed by atoms with Crippen LogP contribution >= 0.6 is 12.3 Å². The fourth-order valence-electron chi connectivity index (χ4n) is 3.72. The fraction of sp³-hybridized carbons (Fsp3) is 0.250. The average Bonchev–Trinajstić information content (AvgIpc) is 3.05. The van der Waals surface area contributed by atoms with Crippen LogP contribution in [-0.2, 0) is 68.0 Å². The number of anilines is 2. The van der Waals surface area contributed by atoms with Crippen molar-refractivity contribution in [2.75, 3.05) is 41.6 Å². The molecule has 58 heavy (non-hydrogen) atoms. The number of nitrogens with zero attached hydrogens (tertiary/aromatic N) is 4. The molecule has 0 saturated heterocycles. The summed E-state index contributed by atoms with van der Waals surface area (Å²) in [5, 5.41) is 30.1. The van der Waals surface area contributed by atoms with Crippen molar-refractivity contribution < 1.29 is 197 Å². The number of nitrogen functional groups attached to an aromatic ring is 1. The topological polar surface area (TPSA) is 387 Å². The zero-order chi connectivity index (χ0) is 39.7. The second kappa shape index (κ2) is 27.4. The molecule has 0 radical (unpaired) electrons. The Hall–Kier alpha value is 0.240. The second-order valence-electron chi connectivity index (χ2n) is 9.65. The summed E-state index contributed by atoms with van der Waals surface area (Å²) >= 11 is 0.106. The number of hydrogen-bond donors (Lipinski definition) is 2. The molecular weight excluding hydrogens is 945 g/mol. The van der Waals surface area contributed by atoms with Gasteiger partial charge < -0.3 is 30.0 Å². The Balaban J connectivity index is -0.00000605. The Bertz CT molecular complexity index is 2410. The fourth-order valence-corrected chi connectivity index (χ4v) is 7.55. The van der Waals surface area contributed by atoms with E-state index in [1.54, 1.807) is 0 Å². The summed E-state index contributed by atoms with van der Waals surface area (Å²) in [6, 6.07) is 9.22. The molecule has 3 aromatic carbocycles. The predicted octanol–water partition coefficient (Wildman–Crippen LogP) is -10.6. The Morgan fingerprint density at radius 3 is 1.59 bits per heavy atom. The van der Waals surface area contributed by atoms with E-state index < -0.39 is 109 Å². The maximum atomic E-state index is 12.5. The van der Waals surface area contributed by atoms with E-state index in [0.29, 0.717) is 6.07 Å². The first kappa shape index (κ1) is 62.5. The van der Waals surface area contributed by atoms with Crippen LogP contribution in [-0.4, -0.2) is 86.3 Å². The zero-order valence-electron chi connectivity index (χ0n) is 29.9. The van der Waals surface area contributed by atoms with Gasteiger partial charge in [-0.25, -0.2) is 42.1 Å². The van der Waals surface area contributed by atoms with Crippen LogP contribution in [0.5, 0.6) is 0 Å². The number of rotatable bonds is 20. The third-order valence-corrected chi connectivity index (χ3v) is 11.6. The minimum Gasteiger partial charge on any atom is -0.747 e. The minimum absolute atomic E-state index is 0. The molecule has 0 atom stereocenters. The molecule has 34 heteroatoms. The van der Waals surface area contributed by atoms with Crippen molar-refractivity contribution in [1.29, 1.82) is 0 Å². The van der Waals surface area contributed by atoms with Gasteiger partial charge in [0.25, 0.3) is 0 Å². The molecule has 0 aliphatic heterocycles. The van der Waals surface area contributed by atoms with Crippen molar-refractivity contribution in [3.05, 3.63) is 54.6 Å². The molecule has 0 heterocycles. The van der Waals surface area contributed by atoms with Gasteiger partial charge in [0.1, 0.15) is 37.5 Å². The molecule has 0 aliphatic rings. The van der Waals surface area contributed by atoms with Crippen LogP contribution in [0.1, 0.15) is 7.43 Å². The van der Waals surface area contributed by atoms with Crippen LogP contribution in [0.3, 0.4) is 0 Å². The van der Waals surface area contributed by atoms with E-state index in [9.17, 15) is 61.0 Å². The summed E-state index contributed by atoms with van der Waals surface area (Å²) in [6.45, 7) is -1.37. The van der Waals surface area contributed by atoms with Crippen molar-refractivity contribution in [3.8, 4) is 0 Å². The van der Waals surface area contributed by atoms with Gasteiger partial charge in [-0.1, -0.05) is 7.43 Å². The normalized spacial score (nSPS) is 12.1. The van der Waals surface area contributed by atoms with Gasteiger partial charge in [0.05, 0.1) is 62.2 Å². The largest absolute Gasteiger partial charge is 1.00 e. The Morgan fingerprint density at radius 2 is 1.16 bits per heavy atom. The van der Waals surface area contributed by atoms with E-state index in [1.807, 2.05) is 0 Å². The van der Waals surface area contributed by atoms with E-state index in [1.165, 1.54) is 0 Å². The summed E-state index contributed by atoms with van der Waals surface area (Å²) in [6.07, 6.45) is 0. The minimum atomic E-state index is -5.41. The van der Waals surface area contributed by atoms with Gasteiger partial charge in [0, 0.05) is 0 Å². The van der Waals surface area contributed by atoms with Gasteiger partial charge in [0.15, 0.2) is 32.0 Å². The van der Waals surface area contributed by atoms with Gasteiger partial charge in [0.2, 0.25) is 10.4 Å². The molecule has 0 bridgehead atoms. The van der Waals surface area contributed by atoms with Gasteiger partial charge in [-0.05, 0) is 54.6 Å². The average molecular weight is 971 g/mol. The SMILES string of the molecule is C.Nc1c(S(=O)(=O)[O-])cc(N=Nc2ccc(S(=O)(=O)CCOSOO[O-])cc2)c(NCS(=O)(=O)[O-])c1N=Nc1ccc(S(=O)(=O)CCOS(=O)(=O)[O-])cc1.[Na+].[Na+].[Na+].[Na+]. The van der Waals surface area contributed by atoms with Crippen molar-refractivity contribution in [1.82, 2.24) is 0 Å². The van der Waals surface area contributed by atoms with Crippen LogP contribution in [0.4, 0.5) is 34.1 Å². The van der Waals surface area contributed by atoms with Crippen LogP contribution < -0.4 is 135 Å². The summed E-state index contributed by atoms with van der Waals surface area (Å²) in [5.41, 5.74) is 2.88. The molecule has 0 saturated carbocycles. The first-order chi connectivity index (χ1) is 24.5. The number of nitrogens with two attached hydrogens (primary N) is 1. The second-order valence-corrected chi connectivity index (χ2v) is 18.2. The molecule has 3 rings (SSSR count). The zero-order valence-corrected chi connectivity index (χ0v) is 42.8. The summed E-state index contributed by atoms with van der Waals surface area (Å²) in [5.74, 6) is -2.80. The molecule has 0 aliphatic carbocycles. The van der Waals surface area contributed by atoms with Crippen molar-refractivity contribution in [2.24, 2.45) is 20.5 Å². The third-order valence-electron chi connectivity index (χ3n) is 6.03. The predicted molar refractivity (Wildman–Crippen MR) is 180 cm³/mol. The first-order valence-corrected chi connectivity index (χ1v) is 21.8. The quantitative estimate of drug-likeness (QED) is 0.0122. The Morgan fingerprint density at radius 1 is 0.690 bits per heavy atom. The number of sulfone groups is 2. The summed E-state index contributed by atoms with van der Waals surface area (Å²) < 4.78 is 165. The van der Waals surface area contributed by atoms with E-state index in [2.05, 4.69) is 43.5 Å². The van der Waals surface area contributed by atoms with Crippen LogP contribution in [0.15, 0.2) is 89.7 Å². The van der Waals surface area contributed by atoms with Crippen molar-refractivity contribution in [3.63, 3.8) is 0 Å². The molecule has 0 spiro atoms. The van der Waals surface area contributed by atoms with Gasteiger partial charge in [-0.15, -0.1) is 14.6 Å². The number of azo groups is 2.